The van der Waals surface area contributed by atoms with Crippen LogP contribution in [-0.2, 0) is 23.7 Å². The maximum Gasteiger partial charge on any atom is 0.416 e. The van der Waals surface area contributed by atoms with Gasteiger partial charge in [0.2, 0.25) is 6.23 Å². The lowest BCUT2D eigenvalue weighted by Crippen LogP contribution is -2.31. The molecule has 0 amide bonds. The summed E-state index contributed by atoms with van der Waals surface area (Å²) in [6, 6.07) is 16.9. The van der Waals surface area contributed by atoms with Crippen LogP contribution in [0.2, 0.25) is 5.15 Å². The molecule has 0 spiro atoms. The molecule has 0 saturated carbocycles. The van der Waals surface area contributed by atoms with E-state index >= 15 is 0 Å². The molecule has 1 unspecified atom stereocenters. The molecule has 12 heteroatoms. The molecule has 206 valence electrons. The maximum atomic E-state index is 14.8. The number of nitrogens with zero attached hydrogens (tertiary/aromatic N) is 3. The number of alkyl halides is 6. The van der Waals surface area contributed by atoms with Gasteiger partial charge in [0.15, 0.2) is 5.84 Å². The lowest BCUT2D eigenvalue weighted by Gasteiger charge is -2.28. The van der Waals surface area contributed by atoms with E-state index in [-0.39, 0.29) is 34.7 Å². The largest absolute Gasteiger partial charge is 0.416 e. The van der Waals surface area contributed by atoms with Gasteiger partial charge in [-0.05, 0) is 35.9 Å². The van der Waals surface area contributed by atoms with Crippen molar-refractivity contribution in [2.75, 3.05) is 0 Å². The topological polar surface area (TPSA) is 37.7 Å². The molecule has 0 N–H and O–H groups in total. The summed E-state index contributed by atoms with van der Waals surface area (Å²) in [6.07, 6.45) is -10.3. The zero-order chi connectivity index (χ0) is 28.7. The molecule has 2 heterocycles. The Morgan fingerprint density at radius 1 is 0.800 bits per heavy atom. The summed E-state index contributed by atoms with van der Waals surface area (Å²) in [4.78, 5) is 10.9. The highest BCUT2D eigenvalue weighted by atomic mass is 35.5. The van der Waals surface area contributed by atoms with Crippen molar-refractivity contribution < 1.29 is 35.6 Å². The normalized spacial score (nSPS) is 15.7. The minimum absolute atomic E-state index is 0.0377. The molecule has 3 aromatic carbocycles. The molecule has 4 aromatic rings. The second-order valence-corrected chi connectivity index (χ2v) is 9.17. The monoisotopic (exact) mass is 579 g/mol. The van der Waals surface area contributed by atoms with E-state index in [2.05, 4.69) is 10.1 Å². The van der Waals surface area contributed by atoms with Gasteiger partial charge in [-0.15, -0.1) is 0 Å². The number of benzene rings is 3. The Bertz CT molecular complexity index is 1540. The van der Waals surface area contributed by atoms with Gasteiger partial charge in [-0.3, -0.25) is 0 Å². The molecule has 1 aromatic heterocycles. The molecule has 1 atom stereocenters. The van der Waals surface area contributed by atoms with Crippen molar-refractivity contribution in [1.82, 2.24) is 9.88 Å². The van der Waals surface area contributed by atoms with Gasteiger partial charge in [-0.25, -0.2) is 9.37 Å². The molecule has 40 heavy (non-hydrogen) atoms. The zero-order valence-corrected chi connectivity index (χ0v) is 20.9. The van der Waals surface area contributed by atoms with Crippen LogP contribution in [0.25, 0.3) is 11.1 Å². The van der Waals surface area contributed by atoms with Gasteiger partial charge in [0.1, 0.15) is 11.0 Å². The lowest BCUT2D eigenvalue weighted by atomic mass is 9.99. The molecule has 5 rings (SSSR count). The Morgan fingerprint density at radius 3 is 2.05 bits per heavy atom. The number of aromatic nitrogens is 1. The van der Waals surface area contributed by atoms with Gasteiger partial charge < -0.3 is 9.74 Å². The average Bonchev–Trinajstić information content (AvgIpc) is 3.33. The van der Waals surface area contributed by atoms with E-state index < -0.39 is 41.1 Å². The Kier molecular flexibility index (Phi) is 7.17. The number of halogens is 8. The summed E-state index contributed by atoms with van der Waals surface area (Å²) in [5, 5.41) is 3.97. The van der Waals surface area contributed by atoms with Crippen LogP contribution in [0.5, 0.6) is 0 Å². The van der Waals surface area contributed by atoms with Crippen molar-refractivity contribution >= 4 is 17.4 Å². The Balaban J connectivity index is 1.66. The molecule has 0 aliphatic carbocycles. The summed E-state index contributed by atoms with van der Waals surface area (Å²) in [6.45, 7) is -0.244. The van der Waals surface area contributed by atoms with Crippen LogP contribution < -0.4 is 0 Å². The Hall–Kier alpha value is -4.12. The first kappa shape index (κ1) is 27.4. The van der Waals surface area contributed by atoms with E-state index in [0.29, 0.717) is 23.3 Å². The van der Waals surface area contributed by atoms with Crippen LogP contribution in [0.1, 0.15) is 34.0 Å². The van der Waals surface area contributed by atoms with Crippen molar-refractivity contribution in [2.45, 2.75) is 25.1 Å². The third-order valence-corrected chi connectivity index (χ3v) is 6.54. The Labute approximate surface area is 228 Å². The number of hydrogen-bond donors (Lipinski definition) is 0. The van der Waals surface area contributed by atoms with E-state index in [1.54, 1.807) is 36.4 Å². The fourth-order valence-electron chi connectivity index (χ4n) is 4.37. The van der Waals surface area contributed by atoms with E-state index in [0.717, 1.165) is 0 Å². The second-order valence-electron chi connectivity index (χ2n) is 8.81. The minimum atomic E-state index is -5.06. The standard InChI is InChI=1S/C28H17ClF7N3O/c29-24-22(20(10-11-37-24)21-8-4-5-9-23(21)30)15-39-25(16-6-2-1-3-7-16)38-40-26(39)17-12-18(27(31,32)33)14-19(13-17)28(34,35)36/h1-14,26H,15H2. The molecule has 0 radical (unpaired) electrons. The minimum Gasteiger partial charge on any atom is -0.363 e. The lowest BCUT2D eigenvalue weighted by molar-refractivity contribution is -0.143. The van der Waals surface area contributed by atoms with Gasteiger partial charge >= 0.3 is 12.4 Å². The van der Waals surface area contributed by atoms with Crippen molar-refractivity contribution in [2.24, 2.45) is 5.16 Å². The van der Waals surface area contributed by atoms with Crippen molar-refractivity contribution in [3.8, 4) is 11.1 Å². The van der Waals surface area contributed by atoms with Gasteiger partial charge in [0.05, 0.1) is 17.7 Å². The van der Waals surface area contributed by atoms with Crippen LogP contribution in [0, 0.1) is 5.82 Å². The highest BCUT2D eigenvalue weighted by molar-refractivity contribution is 6.30. The van der Waals surface area contributed by atoms with Gasteiger partial charge in [0, 0.05) is 28.5 Å². The summed E-state index contributed by atoms with van der Waals surface area (Å²) < 4.78 is 96.5. The first-order chi connectivity index (χ1) is 18.9. The summed E-state index contributed by atoms with van der Waals surface area (Å²) in [7, 11) is 0. The van der Waals surface area contributed by atoms with Crippen molar-refractivity contribution in [3.05, 3.63) is 124 Å². The number of hydrogen-bond acceptors (Lipinski definition) is 4. The third kappa shape index (κ3) is 5.46. The predicted octanol–water partition coefficient (Wildman–Crippen LogP) is 8.47. The van der Waals surface area contributed by atoms with E-state index in [1.807, 2.05) is 0 Å². The van der Waals surface area contributed by atoms with Crippen molar-refractivity contribution in [1.29, 1.82) is 0 Å². The van der Waals surface area contributed by atoms with Crippen LogP contribution in [-0.4, -0.2) is 15.7 Å². The number of amidine groups is 1. The Morgan fingerprint density at radius 2 is 1.43 bits per heavy atom. The first-order valence-corrected chi connectivity index (χ1v) is 12.0. The smallest absolute Gasteiger partial charge is 0.363 e. The van der Waals surface area contributed by atoms with E-state index in [1.165, 1.54) is 35.4 Å². The number of pyridine rings is 1. The quantitative estimate of drug-likeness (QED) is 0.176. The van der Waals surface area contributed by atoms with E-state index in [4.69, 9.17) is 16.4 Å². The molecule has 0 bridgehead atoms. The fraction of sp³-hybridized carbons (Fsp3) is 0.143. The number of oxime groups is 1. The average molecular weight is 580 g/mol. The zero-order valence-electron chi connectivity index (χ0n) is 20.1. The highest BCUT2D eigenvalue weighted by Gasteiger charge is 2.40. The fourth-order valence-corrected chi connectivity index (χ4v) is 4.58. The van der Waals surface area contributed by atoms with Crippen LogP contribution in [0.15, 0.2) is 90.2 Å². The maximum absolute atomic E-state index is 14.8. The van der Waals surface area contributed by atoms with Gasteiger partial charge in [-0.1, -0.05) is 65.3 Å². The van der Waals surface area contributed by atoms with Crippen LogP contribution >= 0.6 is 11.6 Å². The molecule has 0 fully saturated rings. The second kappa shape index (κ2) is 10.5. The molecule has 1 aliphatic rings. The predicted molar refractivity (Wildman–Crippen MR) is 133 cm³/mol. The van der Waals surface area contributed by atoms with E-state index in [9.17, 15) is 30.7 Å². The molecular weight excluding hydrogens is 563 g/mol. The summed E-state index contributed by atoms with van der Waals surface area (Å²) >= 11 is 6.43. The van der Waals surface area contributed by atoms with Crippen molar-refractivity contribution in [3.63, 3.8) is 0 Å². The summed E-state index contributed by atoms with van der Waals surface area (Å²) in [5.74, 6) is -0.444. The summed E-state index contributed by atoms with van der Waals surface area (Å²) in [5.41, 5.74) is -2.20. The highest BCUT2D eigenvalue weighted by Crippen LogP contribution is 2.41. The third-order valence-electron chi connectivity index (χ3n) is 6.22. The van der Waals surface area contributed by atoms with Gasteiger partial charge in [-0.2, -0.15) is 26.3 Å². The first-order valence-electron chi connectivity index (χ1n) is 11.7. The molecule has 4 nitrogen and oxygen atoms in total. The molecule has 1 aliphatic heterocycles. The number of rotatable bonds is 5. The van der Waals surface area contributed by atoms with Crippen LogP contribution in [0.3, 0.4) is 0 Å². The van der Waals surface area contributed by atoms with Gasteiger partial charge in [0.25, 0.3) is 0 Å². The molecule has 0 saturated heterocycles. The SMILES string of the molecule is Fc1ccccc1-c1ccnc(Cl)c1CN1C(c2ccccc2)=NOC1c1cc(C(F)(F)F)cc(C(F)(F)F)c1. The van der Waals surface area contributed by atoms with Crippen LogP contribution in [0.4, 0.5) is 30.7 Å². The molecular formula is C28H17ClF7N3O.